The molecule has 1 fully saturated rings. The summed E-state index contributed by atoms with van der Waals surface area (Å²) in [4.78, 5) is 12.8. The summed E-state index contributed by atoms with van der Waals surface area (Å²) in [5.74, 6) is 0.457. The molecule has 1 aliphatic rings. The molecule has 1 heterocycles. The Bertz CT molecular complexity index is 411. The molecule has 4 N–H and O–H groups in total. The smallest absolute Gasteiger partial charge is 0.242 e. The summed E-state index contributed by atoms with van der Waals surface area (Å²) in [6, 6.07) is 3.10. The van der Waals surface area contributed by atoms with Crippen LogP contribution in [0.3, 0.4) is 0 Å². The van der Waals surface area contributed by atoms with E-state index in [0.717, 1.165) is 30.6 Å². The maximum absolute atomic E-state index is 12.0. The molecular weight excluding hydrogens is 260 g/mol. The minimum Gasteiger partial charge on any atom is -0.388 e. The third-order valence-electron chi connectivity index (χ3n) is 3.93. The van der Waals surface area contributed by atoms with E-state index in [2.05, 4.69) is 12.2 Å². The minimum atomic E-state index is -0.753. The monoisotopic (exact) mass is 282 g/mol. The van der Waals surface area contributed by atoms with Crippen molar-refractivity contribution in [2.45, 2.75) is 44.2 Å². The Kier molecular flexibility index (Phi) is 4.60. The van der Waals surface area contributed by atoms with Gasteiger partial charge in [-0.2, -0.15) is 0 Å². The lowest BCUT2D eigenvalue weighted by atomic mass is 9.79. The molecule has 0 aliphatic heterocycles. The summed E-state index contributed by atoms with van der Waals surface area (Å²) in [5.41, 5.74) is 5.13. The van der Waals surface area contributed by atoms with Crippen molar-refractivity contribution in [2.75, 3.05) is 6.54 Å². The molecule has 2 rings (SSSR count). The van der Waals surface area contributed by atoms with Crippen molar-refractivity contribution in [3.8, 4) is 0 Å². The van der Waals surface area contributed by atoms with Gasteiger partial charge in [0.15, 0.2) is 0 Å². The molecule has 1 atom stereocenters. The van der Waals surface area contributed by atoms with Gasteiger partial charge >= 0.3 is 0 Å². The summed E-state index contributed by atoms with van der Waals surface area (Å²) in [6.07, 6.45) is 3.54. The van der Waals surface area contributed by atoms with Gasteiger partial charge in [-0.15, -0.1) is 11.3 Å². The van der Waals surface area contributed by atoms with Gasteiger partial charge in [-0.25, -0.2) is 0 Å². The van der Waals surface area contributed by atoms with Crippen LogP contribution in [0.4, 0.5) is 0 Å². The summed E-state index contributed by atoms with van der Waals surface area (Å²) in [6.45, 7) is 2.50. The Labute approximate surface area is 118 Å². The van der Waals surface area contributed by atoms with Crippen LogP contribution in [0.15, 0.2) is 17.5 Å². The molecule has 0 radical (unpaired) electrons. The number of hydrogen-bond acceptors (Lipinski definition) is 4. The standard InChI is InChI=1S/C14H22N2O2S/c1-10-4-6-14(18,7-5-10)9-16-13(17)12(15)11-3-2-8-19-11/h2-3,8,10,12,18H,4-7,9,15H2,1H3,(H,16,17). The summed E-state index contributed by atoms with van der Waals surface area (Å²) in [5, 5.41) is 15.1. The van der Waals surface area contributed by atoms with Gasteiger partial charge in [-0.3, -0.25) is 4.79 Å². The van der Waals surface area contributed by atoms with E-state index in [-0.39, 0.29) is 5.91 Å². The first-order valence-electron chi connectivity index (χ1n) is 6.79. The van der Waals surface area contributed by atoms with Crippen molar-refractivity contribution >= 4 is 17.2 Å². The van der Waals surface area contributed by atoms with Gasteiger partial charge in [-0.05, 0) is 43.0 Å². The average molecular weight is 282 g/mol. The largest absolute Gasteiger partial charge is 0.388 e. The molecule has 4 nitrogen and oxygen atoms in total. The SMILES string of the molecule is CC1CCC(O)(CNC(=O)C(N)c2cccs2)CC1. The molecule has 1 unspecified atom stereocenters. The van der Waals surface area contributed by atoms with Gasteiger partial charge in [0.25, 0.3) is 0 Å². The highest BCUT2D eigenvalue weighted by Gasteiger charge is 2.32. The van der Waals surface area contributed by atoms with Crippen molar-refractivity contribution in [3.63, 3.8) is 0 Å². The number of aliphatic hydroxyl groups is 1. The zero-order valence-electron chi connectivity index (χ0n) is 11.3. The second kappa shape index (κ2) is 6.03. The molecule has 1 amide bonds. The lowest BCUT2D eigenvalue weighted by molar-refractivity contribution is -0.124. The molecule has 1 aromatic rings. The first-order chi connectivity index (χ1) is 9.00. The first kappa shape index (κ1) is 14.5. The molecule has 0 aromatic carbocycles. The van der Waals surface area contributed by atoms with Gasteiger partial charge in [0.2, 0.25) is 5.91 Å². The quantitative estimate of drug-likeness (QED) is 0.788. The van der Waals surface area contributed by atoms with Crippen molar-refractivity contribution in [1.29, 1.82) is 0 Å². The third-order valence-corrected chi connectivity index (χ3v) is 4.88. The maximum atomic E-state index is 12.0. The van der Waals surface area contributed by atoms with Gasteiger partial charge in [0, 0.05) is 11.4 Å². The van der Waals surface area contributed by atoms with E-state index in [4.69, 9.17) is 5.73 Å². The summed E-state index contributed by atoms with van der Waals surface area (Å²) >= 11 is 1.47. The number of hydrogen-bond donors (Lipinski definition) is 3. The van der Waals surface area contributed by atoms with Crippen molar-refractivity contribution in [3.05, 3.63) is 22.4 Å². The van der Waals surface area contributed by atoms with Gasteiger partial charge in [0.1, 0.15) is 6.04 Å². The van der Waals surface area contributed by atoms with Gasteiger partial charge < -0.3 is 16.2 Å². The highest BCUT2D eigenvalue weighted by atomic mass is 32.1. The third kappa shape index (κ3) is 3.78. The van der Waals surface area contributed by atoms with Crippen LogP contribution in [0.5, 0.6) is 0 Å². The first-order valence-corrected chi connectivity index (χ1v) is 7.67. The predicted octanol–water partition coefficient (Wildman–Crippen LogP) is 1.81. The van der Waals surface area contributed by atoms with E-state index in [9.17, 15) is 9.90 Å². The van der Waals surface area contributed by atoms with Crippen LogP contribution < -0.4 is 11.1 Å². The number of thiophene rings is 1. The fraction of sp³-hybridized carbons (Fsp3) is 0.643. The van der Waals surface area contributed by atoms with Crippen LogP contribution >= 0.6 is 11.3 Å². The zero-order valence-corrected chi connectivity index (χ0v) is 12.1. The molecule has 0 saturated heterocycles. The van der Waals surface area contributed by atoms with E-state index < -0.39 is 11.6 Å². The fourth-order valence-electron chi connectivity index (χ4n) is 2.44. The molecule has 1 saturated carbocycles. The van der Waals surface area contributed by atoms with E-state index in [1.807, 2.05) is 17.5 Å². The van der Waals surface area contributed by atoms with Crippen LogP contribution in [-0.4, -0.2) is 23.2 Å². The van der Waals surface area contributed by atoms with E-state index in [0.29, 0.717) is 12.5 Å². The second-order valence-electron chi connectivity index (χ2n) is 5.62. The van der Waals surface area contributed by atoms with E-state index >= 15 is 0 Å². The second-order valence-corrected chi connectivity index (χ2v) is 6.60. The topological polar surface area (TPSA) is 75.3 Å². The Morgan fingerprint density at radius 1 is 1.63 bits per heavy atom. The van der Waals surface area contributed by atoms with Crippen LogP contribution in [0.25, 0.3) is 0 Å². The lowest BCUT2D eigenvalue weighted by Gasteiger charge is -2.35. The number of nitrogens with one attached hydrogen (secondary N) is 1. The normalized spacial score (nSPS) is 28.9. The molecule has 1 aromatic heterocycles. The van der Waals surface area contributed by atoms with Crippen LogP contribution in [0.2, 0.25) is 0 Å². The molecule has 0 spiro atoms. The fourth-order valence-corrected chi connectivity index (χ4v) is 3.16. The Hall–Kier alpha value is -0.910. The molecule has 1 aliphatic carbocycles. The molecule has 106 valence electrons. The minimum absolute atomic E-state index is 0.213. The predicted molar refractivity (Wildman–Crippen MR) is 76.8 cm³/mol. The Morgan fingerprint density at radius 3 is 2.89 bits per heavy atom. The number of carbonyl (C=O) groups excluding carboxylic acids is 1. The van der Waals surface area contributed by atoms with Crippen LogP contribution in [0, 0.1) is 5.92 Å². The number of amides is 1. The van der Waals surface area contributed by atoms with Crippen molar-refractivity contribution in [2.24, 2.45) is 11.7 Å². The highest BCUT2D eigenvalue weighted by Crippen LogP contribution is 2.31. The Morgan fingerprint density at radius 2 is 2.32 bits per heavy atom. The lowest BCUT2D eigenvalue weighted by Crippen LogP contribution is -2.47. The highest BCUT2D eigenvalue weighted by molar-refractivity contribution is 7.10. The number of carbonyl (C=O) groups is 1. The molecule has 0 bridgehead atoms. The Balaban J connectivity index is 1.83. The van der Waals surface area contributed by atoms with Crippen LogP contribution in [0.1, 0.15) is 43.5 Å². The van der Waals surface area contributed by atoms with Crippen LogP contribution in [-0.2, 0) is 4.79 Å². The van der Waals surface area contributed by atoms with Crippen molar-refractivity contribution < 1.29 is 9.90 Å². The maximum Gasteiger partial charge on any atom is 0.242 e. The van der Waals surface area contributed by atoms with E-state index in [1.54, 1.807) is 0 Å². The van der Waals surface area contributed by atoms with Crippen molar-refractivity contribution in [1.82, 2.24) is 5.32 Å². The summed E-state index contributed by atoms with van der Waals surface area (Å²) < 4.78 is 0. The summed E-state index contributed by atoms with van der Waals surface area (Å²) in [7, 11) is 0. The zero-order chi connectivity index (χ0) is 13.9. The van der Waals surface area contributed by atoms with Gasteiger partial charge in [-0.1, -0.05) is 13.0 Å². The molecular formula is C14H22N2O2S. The molecule has 5 heteroatoms. The van der Waals surface area contributed by atoms with Gasteiger partial charge in [0.05, 0.1) is 5.60 Å². The number of rotatable bonds is 4. The molecule has 19 heavy (non-hydrogen) atoms. The number of nitrogens with two attached hydrogens (primary N) is 1. The van der Waals surface area contributed by atoms with E-state index in [1.165, 1.54) is 11.3 Å². The average Bonchev–Trinajstić information content (AvgIpc) is 2.93.